The average molecular weight is 378 g/mol. The molecule has 1 aromatic carbocycles. The van der Waals surface area contributed by atoms with Gasteiger partial charge in [-0.15, -0.1) is 0 Å². The molecule has 1 aliphatic carbocycles. The van der Waals surface area contributed by atoms with Gasteiger partial charge in [0.15, 0.2) is 0 Å². The Balaban J connectivity index is 1.38. The van der Waals surface area contributed by atoms with Crippen molar-refractivity contribution < 1.29 is 13.2 Å². The molecule has 1 amide bonds. The molecule has 26 heavy (non-hydrogen) atoms. The molecule has 0 saturated heterocycles. The lowest BCUT2D eigenvalue weighted by atomic mass is 9.86. The maximum atomic E-state index is 12.3. The number of fused-ring (bicyclic) bond motifs is 1. The zero-order valence-electron chi connectivity index (χ0n) is 15.1. The number of rotatable bonds is 7. The smallest absolute Gasteiger partial charge is 0.223 e. The molecule has 0 aliphatic heterocycles. The first-order valence-electron chi connectivity index (χ1n) is 9.21. The number of nitrogens with one attached hydrogen (secondary N) is 2. The monoisotopic (exact) mass is 377 g/mol. The number of nitrogens with zero attached hydrogens (tertiary/aromatic N) is 1. The molecule has 142 valence electrons. The lowest BCUT2D eigenvalue weighted by Crippen LogP contribution is -2.40. The van der Waals surface area contributed by atoms with E-state index in [9.17, 15) is 13.2 Å². The standard InChI is InChI=1S/C19H27N3O3S/c1-26(24,25)21-17-9-7-16(8-10-17)19(23)20-12-4-13-22-14-11-15-5-2-3-6-18(15)22/h2-3,5-6,11,14,16-17,21H,4,7-10,12-13H2,1H3,(H,20,23). The normalized spacial score (nSPS) is 21.0. The van der Waals surface area contributed by atoms with Crippen LogP contribution in [0, 0.1) is 5.92 Å². The highest BCUT2D eigenvalue weighted by molar-refractivity contribution is 7.88. The molecule has 2 N–H and O–H groups in total. The quantitative estimate of drug-likeness (QED) is 0.726. The van der Waals surface area contributed by atoms with Crippen LogP contribution in [0.25, 0.3) is 10.9 Å². The first kappa shape index (κ1) is 18.9. The summed E-state index contributed by atoms with van der Waals surface area (Å²) in [5.41, 5.74) is 1.22. The van der Waals surface area contributed by atoms with Gasteiger partial charge in [0.05, 0.1) is 6.26 Å². The van der Waals surface area contributed by atoms with Crippen molar-refractivity contribution in [2.45, 2.75) is 44.7 Å². The number of hydrogen-bond donors (Lipinski definition) is 2. The average Bonchev–Trinajstić information content (AvgIpc) is 3.01. The minimum absolute atomic E-state index is 0.0000173. The zero-order valence-corrected chi connectivity index (χ0v) is 16.0. The van der Waals surface area contributed by atoms with Crippen LogP contribution in [-0.2, 0) is 21.4 Å². The SMILES string of the molecule is CS(=O)(=O)NC1CCC(C(=O)NCCCn2ccc3ccccc32)CC1. The molecule has 0 unspecified atom stereocenters. The van der Waals surface area contributed by atoms with Gasteiger partial charge in [-0.1, -0.05) is 18.2 Å². The summed E-state index contributed by atoms with van der Waals surface area (Å²) in [5.74, 6) is 0.0974. The number of para-hydroxylation sites is 1. The fourth-order valence-corrected chi connectivity index (χ4v) is 4.56. The molecule has 0 spiro atoms. The van der Waals surface area contributed by atoms with Crippen LogP contribution in [0.5, 0.6) is 0 Å². The molecule has 0 radical (unpaired) electrons. The summed E-state index contributed by atoms with van der Waals surface area (Å²) in [4.78, 5) is 12.3. The largest absolute Gasteiger partial charge is 0.356 e. The Morgan fingerprint density at radius 1 is 1.15 bits per heavy atom. The lowest BCUT2D eigenvalue weighted by molar-refractivity contribution is -0.126. The van der Waals surface area contributed by atoms with Crippen molar-refractivity contribution in [1.29, 1.82) is 0 Å². The molecule has 7 heteroatoms. The minimum atomic E-state index is -3.17. The predicted octanol–water partition coefficient (Wildman–Crippen LogP) is 2.26. The molecule has 6 nitrogen and oxygen atoms in total. The fourth-order valence-electron chi connectivity index (χ4n) is 3.72. The summed E-state index contributed by atoms with van der Waals surface area (Å²) in [5, 5.41) is 4.27. The molecule has 3 rings (SSSR count). The third-order valence-electron chi connectivity index (χ3n) is 5.03. The summed E-state index contributed by atoms with van der Waals surface area (Å²) in [6.45, 7) is 1.53. The number of carbonyl (C=O) groups excluding carboxylic acids is 1. The minimum Gasteiger partial charge on any atom is -0.356 e. The van der Waals surface area contributed by atoms with Crippen LogP contribution in [0.15, 0.2) is 36.5 Å². The van der Waals surface area contributed by atoms with E-state index in [4.69, 9.17) is 0 Å². The van der Waals surface area contributed by atoms with E-state index in [0.717, 1.165) is 38.6 Å². The molecule has 1 saturated carbocycles. The van der Waals surface area contributed by atoms with Crippen molar-refractivity contribution in [2.24, 2.45) is 5.92 Å². The Labute approximate surface area is 155 Å². The van der Waals surface area contributed by atoms with Gasteiger partial charge < -0.3 is 9.88 Å². The highest BCUT2D eigenvalue weighted by Crippen LogP contribution is 2.24. The zero-order chi connectivity index (χ0) is 18.6. The molecule has 1 aliphatic rings. The molecular weight excluding hydrogens is 350 g/mol. The van der Waals surface area contributed by atoms with Gasteiger partial charge in [-0.2, -0.15) is 0 Å². The number of aryl methyl sites for hydroxylation is 1. The molecule has 0 bridgehead atoms. The summed E-state index contributed by atoms with van der Waals surface area (Å²) in [6, 6.07) is 10.4. The van der Waals surface area contributed by atoms with Crippen molar-refractivity contribution in [3.05, 3.63) is 36.5 Å². The van der Waals surface area contributed by atoms with E-state index in [1.165, 1.54) is 17.2 Å². The van der Waals surface area contributed by atoms with Crippen LogP contribution >= 0.6 is 0 Å². The van der Waals surface area contributed by atoms with Crippen molar-refractivity contribution in [2.75, 3.05) is 12.8 Å². The van der Waals surface area contributed by atoms with E-state index in [2.05, 4.69) is 39.0 Å². The Morgan fingerprint density at radius 3 is 2.62 bits per heavy atom. The fraction of sp³-hybridized carbons (Fsp3) is 0.526. The number of benzene rings is 1. The van der Waals surface area contributed by atoms with Crippen molar-refractivity contribution in [1.82, 2.24) is 14.6 Å². The van der Waals surface area contributed by atoms with Gasteiger partial charge in [0, 0.05) is 36.8 Å². The Hall–Kier alpha value is -1.86. The lowest BCUT2D eigenvalue weighted by Gasteiger charge is -2.27. The Morgan fingerprint density at radius 2 is 1.88 bits per heavy atom. The van der Waals surface area contributed by atoms with E-state index in [1.807, 2.05) is 12.1 Å². The summed E-state index contributed by atoms with van der Waals surface area (Å²) in [7, 11) is -3.17. The molecule has 1 fully saturated rings. The number of aromatic nitrogens is 1. The van der Waals surface area contributed by atoms with Gasteiger partial charge in [-0.05, 0) is 49.6 Å². The number of amides is 1. The molecular formula is C19H27N3O3S. The Kier molecular flexibility index (Phi) is 5.98. The third kappa shape index (κ3) is 5.08. The van der Waals surface area contributed by atoms with Crippen LogP contribution in [0.3, 0.4) is 0 Å². The molecule has 1 aromatic heterocycles. The second kappa shape index (κ2) is 8.22. The van der Waals surface area contributed by atoms with Gasteiger partial charge in [-0.25, -0.2) is 13.1 Å². The van der Waals surface area contributed by atoms with E-state index in [0.29, 0.717) is 6.54 Å². The summed E-state index contributed by atoms with van der Waals surface area (Å²) in [6.07, 6.45) is 7.07. The predicted molar refractivity (Wildman–Crippen MR) is 103 cm³/mol. The molecule has 2 aromatic rings. The maximum Gasteiger partial charge on any atom is 0.223 e. The number of sulfonamides is 1. The maximum absolute atomic E-state index is 12.3. The van der Waals surface area contributed by atoms with E-state index < -0.39 is 10.0 Å². The van der Waals surface area contributed by atoms with Gasteiger partial charge in [0.1, 0.15) is 0 Å². The highest BCUT2D eigenvalue weighted by Gasteiger charge is 2.27. The topological polar surface area (TPSA) is 80.2 Å². The van der Waals surface area contributed by atoms with Crippen molar-refractivity contribution in [3.8, 4) is 0 Å². The van der Waals surface area contributed by atoms with Crippen molar-refractivity contribution >= 4 is 26.8 Å². The highest BCUT2D eigenvalue weighted by atomic mass is 32.2. The van der Waals surface area contributed by atoms with Crippen LogP contribution in [0.4, 0.5) is 0 Å². The van der Waals surface area contributed by atoms with Gasteiger partial charge in [0.2, 0.25) is 15.9 Å². The summed E-state index contributed by atoms with van der Waals surface area (Å²) < 4.78 is 27.4. The third-order valence-corrected chi connectivity index (χ3v) is 5.80. The van der Waals surface area contributed by atoms with Crippen LogP contribution in [0.2, 0.25) is 0 Å². The van der Waals surface area contributed by atoms with Crippen LogP contribution in [-0.4, -0.2) is 37.7 Å². The van der Waals surface area contributed by atoms with Crippen LogP contribution < -0.4 is 10.0 Å². The Bertz CT molecular complexity index is 852. The number of hydrogen-bond acceptors (Lipinski definition) is 3. The first-order chi connectivity index (χ1) is 12.4. The van der Waals surface area contributed by atoms with Gasteiger partial charge in [0.25, 0.3) is 0 Å². The second-order valence-electron chi connectivity index (χ2n) is 7.15. The van der Waals surface area contributed by atoms with Gasteiger partial charge >= 0.3 is 0 Å². The molecule has 1 heterocycles. The van der Waals surface area contributed by atoms with Gasteiger partial charge in [-0.3, -0.25) is 4.79 Å². The summed E-state index contributed by atoms with van der Waals surface area (Å²) >= 11 is 0. The van der Waals surface area contributed by atoms with Crippen molar-refractivity contribution in [3.63, 3.8) is 0 Å². The number of carbonyl (C=O) groups is 1. The van der Waals surface area contributed by atoms with E-state index in [-0.39, 0.29) is 17.9 Å². The second-order valence-corrected chi connectivity index (χ2v) is 8.93. The molecule has 0 atom stereocenters. The first-order valence-corrected chi connectivity index (χ1v) is 11.1. The van der Waals surface area contributed by atoms with E-state index in [1.54, 1.807) is 0 Å². The van der Waals surface area contributed by atoms with Crippen LogP contribution in [0.1, 0.15) is 32.1 Å². The van der Waals surface area contributed by atoms with E-state index >= 15 is 0 Å².